The van der Waals surface area contributed by atoms with E-state index in [0.717, 1.165) is 6.42 Å². The number of halogens is 1. The Hall–Kier alpha value is -0.770. The van der Waals surface area contributed by atoms with E-state index in [2.05, 4.69) is 48.4 Å². The highest BCUT2D eigenvalue weighted by molar-refractivity contribution is 14.0. The lowest BCUT2D eigenvalue weighted by Gasteiger charge is -2.27. The minimum absolute atomic E-state index is 0. The molecule has 0 saturated heterocycles. The molecule has 2 heteroatoms. The van der Waals surface area contributed by atoms with Gasteiger partial charge in [-0.05, 0) is 42.9 Å². The number of rotatable bonds is 2. The van der Waals surface area contributed by atoms with Crippen molar-refractivity contribution in [2.75, 3.05) is 7.05 Å². The summed E-state index contributed by atoms with van der Waals surface area (Å²) in [6.45, 7) is 0. The molecule has 0 fully saturated rings. The molecule has 0 aliphatic heterocycles. The summed E-state index contributed by atoms with van der Waals surface area (Å²) >= 11 is 0. The first-order chi connectivity index (χ1) is 8.36. The van der Waals surface area contributed by atoms with E-state index in [1.807, 2.05) is 0 Å². The highest BCUT2D eigenvalue weighted by atomic mass is 127. The third-order valence-corrected chi connectivity index (χ3v) is 3.90. The third kappa shape index (κ3) is 2.48. The van der Waals surface area contributed by atoms with E-state index in [4.69, 9.17) is 0 Å². The summed E-state index contributed by atoms with van der Waals surface area (Å²) in [4.78, 5) is 2.42. The van der Waals surface area contributed by atoms with Crippen LogP contribution in [0.1, 0.15) is 32.1 Å². The summed E-state index contributed by atoms with van der Waals surface area (Å²) in [5, 5.41) is 0. The van der Waals surface area contributed by atoms with Gasteiger partial charge >= 0.3 is 0 Å². The smallest absolute Gasteiger partial charge is 0.0249 e. The first-order valence-corrected chi connectivity index (χ1v) is 6.55. The maximum absolute atomic E-state index is 2.42. The predicted molar refractivity (Wildman–Crippen MR) is 87.7 cm³/mol. The van der Waals surface area contributed by atoms with Gasteiger partial charge in [-0.25, -0.2) is 0 Å². The summed E-state index contributed by atoms with van der Waals surface area (Å²) in [5.74, 6) is 0. The molecule has 3 aliphatic carbocycles. The second-order valence-electron chi connectivity index (χ2n) is 4.91. The van der Waals surface area contributed by atoms with Gasteiger partial charge in [0.15, 0.2) is 0 Å². The van der Waals surface area contributed by atoms with Crippen LogP contribution in [-0.4, -0.2) is 11.9 Å². The van der Waals surface area contributed by atoms with Crippen molar-refractivity contribution in [1.82, 2.24) is 4.90 Å². The maximum Gasteiger partial charge on any atom is 0.0249 e. The molecule has 0 spiro atoms. The van der Waals surface area contributed by atoms with Gasteiger partial charge < -0.3 is 4.90 Å². The van der Waals surface area contributed by atoms with Crippen molar-refractivity contribution in [3.63, 3.8) is 0 Å². The quantitative estimate of drug-likeness (QED) is 0.650. The molecule has 0 atom stereocenters. The number of nitrogens with zero attached hydrogens (tertiary/aromatic N) is 1. The second kappa shape index (κ2) is 5.91. The highest BCUT2D eigenvalue weighted by Crippen LogP contribution is 2.36. The minimum Gasteiger partial charge on any atom is -0.351 e. The molecule has 0 amide bonds. The zero-order valence-corrected chi connectivity index (χ0v) is 13.2. The normalized spacial score (nSPS) is 21.2. The molecule has 0 aromatic carbocycles. The Balaban J connectivity index is 0.00000120. The lowest BCUT2D eigenvalue weighted by Crippen LogP contribution is -2.18. The van der Waals surface area contributed by atoms with Gasteiger partial charge in [-0.2, -0.15) is 0 Å². The molecule has 0 radical (unpaired) electrons. The Kier molecular flexibility index (Phi) is 4.49. The molecule has 0 heterocycles. The van der Waals surface area contributed by atoms with E-state index in [1.54, 1.807) is 5.57 Å². The number of hydrogen-bond donors (Lipinski definition) is 0. The van der Waals surface area contributed by atoms with Crippen LogP contribution in [0.25, 0.3) is 0 Å². The maximum atomic E-state index is 2.42. The van der Waals surface area contributed by atoms with Gasteiger partial charge in [0.25, 0.3) is 0 Å². The van der Waals surface area contributed by atoms with Crippen LogP contribution in [0.15, 0.2) is 59.0 Å². The van der Waals surface area contributed by atoms with E-state index in [1.165, 1.54) is 42.7 Å². The summed E-state index contributed by atoms with van der Waals surface area (Å²) in [6, 6.07) is 0. The molecule has 0 bridgehead atoms. The lowest BCUT2D eigenvalue weighted by molar-refractivity contribution is 0.479. The molecule has 3 aliphatic rings. The molecule has 0 N–H and O–H groups in total. The van der Waals surface area contributed by atoms with Gasteiger partial charge in [-0.15, -0.1) is 24.0 Å². The SMILES string of the molecule is CN(C1=CC=CCC1)C1=C2CCC=CC2=CC1.I. The Morgan fingerprint density at radius 2 is 1.94 bits per heavy atom. The van der Waals surface area contributed by atoms with Crippen molar-refractivity contribution in [2.24, 2.45) is 0 Å². The summed E-state index contributed by atoms with van der Waals surface area (Å²) < 4.78 is 0. The topological polar surface area (TPSA) is 3.24 Å². The van der Waals surface area contributed by atoms with Crippen LogP contribution in [0.2, 0.25) is 0 Å². The van der Waals surface area contributed by atoms with Crippen molar-refractivity contribution < 1.29 is 0 Å². The molecular formula is C16H20IN. The average Bonchev–Trinajstić information content (AvgIpc) is 2.83. The van der Waals surface area contributed by atoms with Crippen LogP contribution < -0.4 is 0 Å². The van der Waals surface area contributed by atoms with Crippen molar-refractivity contribution in [2.45, 2.75) is 32.1 Å². The molecular weight excluding hydrogens is 333 g/mol. The highest BCUT2D eigenvalue weighted by Gasteiger charge is 2.21. The fourth-order valence-corrected chi connectivity index (χ4v) is 2.90. The monoisotopic (exact) mass is 353 g/mol. The van der Waals surface area contributed by atoms with E-state index in [9.17, 15) is 0 Å². The average molecular weight is 353 g/mol. The fraction of sp³-hybridized carbons (Fsp3) is 0.375. The second-order valence-corrected chi connectivity index (χ2v) is 4.91. The predicted octanol–water partition coefficient (Wildman–Crippen LogP) is 4.70. The van der Waals surface area contributed by atoms with Crippen molar-refractivity contribution in [3.05, 3.63) is 59.0 Å². The molecule has 3 rings (SSSR count). The van der Waals surface area contributed by atoms with Crippen LogP contribution >= 0.6 is 24.0 Å². The fourth-order valence-electron chi connectivity index (χ4n) is 2.90. The van der Waals surface area contributed by atoms with E-state index in [0.29, 0.717) is 0 Å². The Morgan fingerprint density at radius 1 is 1.11 bits per heavy atom. The van der Waals surface area contributed by atoms with Crippen LogP contribution in [0.5, 0.6) is 0 Å². The zero-order chi connectivity index (χ0) is 11.7. The molecule has 96 valence electrons. The minimum atomic E-state index is 0. The Labute approximate surface area is 127 Å². The van der Waals surface area contributed by atoms with E-state index in [-0.39, 0.29) is 24.0 Å². The standard InChI is InChI=1S/C16H19N.HI/c1-17(14-8-3-2-4-9-14)16-12-11-13-7-5-6-10-15(13)16;/h2-3,5,7-8,11H,4,6,9-10,12H2,1H3;1H. The number of fused-ring (bicyclic) bond motifs is 1. The first-order valence-electron chi connectivity index (χ1n) is 6.55. The molecule has 0 aromatic heterocycles. The van der Waals surface area contributed by atoms with Crippen molar-refractivity contribution in [3.8, 4) is 0 Å². The Bertz CT molecular complexity index is 477. The van der Waals surface area contributed by atoms with Gasteiger partial charge in [-0.3, -0.25) is 0 Å². The largest absolute Gasteiger partial charge is 0.351 e. The number of hydrogen-bond acceptors (Lipinski definition) is 1. The Morgan fingerprint density at radius 3 is 2.72 bits per heavy atom. The third-order valence-electron chi connectivity index (χ3n) is 3.90. The van der Waals surface area contributed by atoms with Gasteiger partial charge in [0.05, 0.1) is 0 Å². The molecule has 0 unspecified atom stereocenters. The molecule has 1 nitrogen and oxygen atoms in total. The van der Waals surface area contributed by atoms with Crippen LogP contribution in [-0.2, 0) is 0 Å². The first kappa shape index (κ1) is 13.7. The summed E-state index contributed by atoms with van der Waals surface area (Å²) in [5.41, 5.74) is 6.01. The van der Waals surface area contributed by atoms with Crippen LogP contribution in [0.4, 0.5) is 0 Å². The zero-order valence-electron chi connectivity index (χ0n) is 10.9. The van der Waals surface area contributed by atoms with Crippen LogP contribution in [0, 0.1) is 0 Å². The van der Waals surface area contributed by atoms with Crippen molar-refractivity contribution in [1.29, 1.82) is 0 Å². The van der Waals surface area contributed by atoms with E-state index < -0.39 is 0 Å². The van der Waals surface area contributed by atoms with E-state index >= 15 is 0 Å². The number of allylic oxidation sites excluding steroid dienone is 9. The van der Waals surface area contributed by atoms with Gasteiger partial charge in [-0.1, -0.05) is 30.4 Å². The van der Waals surface area contributed by atoms with Crippen molar-refractivity contribution >= 4 is 24.0 Å². The summed E-state index contributed by atoms with van der Waals surface area (Å²) in [7, 11) is 2.22. The lowest BCUT2D eigenvalue weighted by atomic mass is 9.97. The molecule has 0 aromatic rings. The molecule has 0 saturated carbocycles. The van der Waals surface area contributed by atoms with Crippen LogP contribution in [0.3, 0.4) is 0 Å². The summed E-state index contributed by atoms with van der Waals surface area (Å²) in [6.07, 6.45) is 19.5. The van der Waals surface area contributed by atoms with Gasteiger partial charge in [0.2, 0.25) is 0 Å². The van der Waals surface area contributed by atoms with Gasteiger partial charge in [0.1, 0.15) is 0 Å². The van der Waals surface area contributed by atoms with Gasteiger partial charge in [0, 0.05) is 24.9 Å². The molecule has 18 heavy (non-hydrogen) atoms.